The van der Waals surface area contributed by atoms with Crippen molar-refractivity contribution in [2.75, 3.05) is 5.75 Å². The number of aromatic amines is 1. The maximum absolute atomic E-state index is 13.2. The highest BCUT2D eigenvalue weighted by atomic mass is 32.2. The number of hydrogen-bond donors (Lipinski definition) is 2. The number of fused-ring (bicyclic) bond motifs is 1. The quantitative estimate of drug-likeness (QED) is 0.379. The van der Waals surface area contributed by atoms with E-state index >= 15 is 0 Å². The van der Waals surface area contributed by atoms with Crippen molar-refractivity contribution in [1.82, 2.24) is 4.98 Å². The van der Waals surface area contributed by atoms with E-state index in [4.69, 9.17) is 8.22 Å². The first-order valence-electron chi connectivity index (χ1n) is 12.9. The normalized spacial score (nSPS) is 15.3. The highest BCUT2D eigenvalue weighted by molar-refractivity contribution is 7.93. The van der Waals surface area contributed by atoms with E-state index in [0.29, 0.717) is 4.88 Å². The van der Waals surface area contributed by atoms with E-state index in [1.54, 1.807) is 0 Å². The van der Waals surface area contributed by atoms with Crippen LogP contribution in [0.5, 0.6) is 0 Å². The molecule has 2 heterocycles. The lowest BCUT2D eigenvalue weighted by molar-refractivity contribution is -0.140. The minimum Gasteiger partial charge on any atom is -0.481 e. The maximum atomic E-state index is 13.2. The molecule has 1 unspecified atom stereocenters. The Morgan fingerprint density at radius 2 is 1.91 bits per heavy atom. The zero-order chi connectivity index (χ0) is 28.9. The Morgan fingerprint density at radius 1 is 1.15 bits per heavy atom. The Hall–Kier alpha value is -3.34. The first-order chi connectivity index (χ1) is 18.1. The molecular weight excluding hydrogens is 454 g/mol. The van der Waals surface area contributed by atoms with E-state index < -0.39 is 45.6 Å². The lowest BCUT2D eigenvalue weighted by atomic mass is 10.00. The van der Waals surface area contributed by atoms with Crippen molar-refractivity contribution in [2.45, 2.75) is 24.4 Å². The largest absolute Gasteiger partial charge is 0.481 e. The number of thiophene rings is 1. The van der Waals surface area contributed by atoms with Crippen molar-refractivity contribution in [3.05, 3.63) is 87.8 Å². The predicted octanol–water partition coefficient (Wildman–Crippen LogP) is 4.96. The smallest absolute Gasteiger partial charge is 0.307 e. The summed E-state index contributed by atoms with van der Waals surface area (Å²) in [6.07, 6.45) is -3.51. The third kappa shape index (κ3) is 5.36. The molecule has 7 heteroatoms. The van der Waals surface area contributed by atoms with Gasteiger partial charge < -0.3 is 10.1 Å². The second-order valence-corrected chi connectivity index (χ2v) is 10.8. The van der Waals surface area contributed by atoms with Gasteiger partial charge in [0.15, 0.2) is 9.84 Å². The number of benzene rings is 2. The van der Waals surface area contributed by atoms with Gasteiger partial charge in [0.25, 0.3) is 0 Å². The molecule has 5 nitrogen and oxygen atoms in total. The van der Waals surface area contributed by atoms with E-state index in [0.717, 1.165) is 22.5 Å². The molecule has 4 rings (SSSR count). The molecule has 0 amide bonds. The number of aliphatic carboxylic acids is 1. The summed E-state index contributed by atoms with van der Waals surface area (Å²) in [6, 6.07) is 9.26. The molecule has 168 valence electrons. The van der Waals surface area contributed by atoms with Gasteiger partial charge >= 0.3 is 5.97 Å². The minimum atomic E-state index is -4.30. The Balaban J connectivity index is 1.72. The SMILES string of the molecule is [2H]c1[nH]c2c([2H])c([2H])c(C)c([2H])c2c1C([2H])([2H])C(CS(=O)(=O)c1ccc(C#Cc2ccc(C)cc2)s1)C(=O)O. The number of sulfone groups is 1. The van der Waals surface area contributed by atoms with E-state index in [1.165, 1.54) is 19.1 Å². The van der Waals surface area contributed by atoms with Crippen molar-refractivity contribution in [3.63, 3.8) is 0 Å². The summed E-state index contributed by atoms with van der Waals surface area (Å²) in [5.74, 6) is 0.835. The Bertz CT molecular complexity index is 1780. The first kappa shape index (κ1) is 16.3. The van der Waals surface area contributed by atoms with Crippen LogP contribution in [0.25, 0.3) is 10.9 Å². The minimum absolute atomic E-state index is 0.0564. The van der Waals surface area contributed by atoms with Crippen LogP contribution in [0.4, 0.5) is 0 Å². The maximum Gasteiger partial charge on any atom is 0.307 e. The molecule has 0 spiro atoms. The van der Waals surface area contributed by atoms with Gasteiger partial charge in [-0.05, 0) is 62.1 Å². The van der Waals surface area contributed by atoms with Gasteiger partial charge in [0.1, 0.15) is 4.21 Å². The van der Waals surface area contributed by atoms with Crippen LogP contribution in [0.2, 0.25) is 0 Å². The fourth-order valence-corrected chi connectivity index (χ4v) is 5.73. The number of carboxylic acids is 1. The van der Waals surface area contributed by atoms with Gasteiger partial charge in [0, 0.05) is 25.4 Å². The van der Waals surface area contributed by atoms with Gasteiger partial charge in [-0.25, -0.2) is 8.42 Å². The summed E-state index contributed by atoms with van der Waals surface area (Å²) in [6.45, 7) is 3.34. The average molecular weight is 484 g/mol. The Morgan fingerprint density at radius 3 is 2.64 bits per heavy atom. The summed E-state index contributed by atoms with van der Waals surface area (Å²) in [4.78, 5) is 15.2. The van der Waals surface area contributed by atoms with Gasteiger partial charge in [-0.15, -0.1) is 11.3 Å². The molecule has 1 atom stereocenters. The van der Waals surface area contributed by atoms with Crippen LogP contribution in [-0.4, -0.2) is 30.2 Å². The first-order valence-corrected chi connectivity index (χ1v) is 12.3. The van der Waals surface area contributed by atoms with Crippen molar-refractivity contribution in [1.29, 1.82) is 0 Å². The van der Waals surface area contributed by atoms with Gasteiger partial charge in [0.2, 0.25) is 0 Å². The molecule has 0 fully saturated rings. The van der Waals surface area contributed by atoms with Gasteiger partial charge in [0.05, 0.1) is 22.0 Å². The van der Waals surface area contributed by atoms with Crippen molar-refractivity contribution in [2.24, 2.45) is 5.92 Å². The third-order valence-electron chi connectivity index (χ3n) is 4.77. The standard InChI is InChI=1S/C26H23NO4S2/c1-17-3-6-19(7-4-17)8-9-22-10-12-25(32-22)33(30,31)16-21(26(28)29)14-20-15-27-24-11-5-18(2)13-23(20)24/h3-7,10-13,15,21,27H,14,16H2,1-2H3,(H,28,29)/i5D,11D,13D,14D2,15D. The lowest BCUT2D eigenvalue weighted by Gasteiger charge is -2.12. The highest BCUT2D eigenvalue weighted by Gasteiger charge is 2.28. The molecule has 2 aromatic carbocycles. The molecular formula is C26H23NO4S2. The fourth-order valence-electron chi connectivity index (χ4n) is 3.05. The molecule has 0 aliphatic rings. The predicted molar refractivity (Wildman–Crippen MR) is 131 cm³/mol. The number of rotatable bonds is 6. The second kappa shape index (κ2) is 9.26. The van der Waals surface area contributed by atoms with Crippen LogP contribution in [0, 0.1) is 31.6 Å². The summed E-state index contributed by atoms with van der Waals surface area (Å²) in [7, 11) is -4.30. The van der Waals surface area contributed by atoms with Crippen molar-refractivity contribution >= 4 is 38.0 Å². The monoisotopic (exact) mass is 483 g/mol. The number of H-pyrrole nitrogens is 1. The summed E-state index contributed by atoms with van der Waals surface area (Å²) in [5, 5.41) is 9.72. The molecule has 0 saturated heterocycles. The van der Waals surface area contributed by atoms with E-state index in [2.05, 4.69) is 16.8 Å². The second-order valence-electron chi connectivity index (χ2n) is 7.43. The van der Waals surface area contributed by atoms with Crippen LogP contribution in [0.15, 0.2) is 64.9 Å². The van der Waals surface area contributed by atoms with Crippen LogP contribution in [0.1, 0.15) is 35.4 Å². The number of nitrogens with one attached hydrogen (secondary N) is 1. The topological polar surface area (TPSA) is 87.2 Å². The van der Waals surface area contributed by atoms with Gasteiger partial charge in [-0.3, -0.25) is 4.79 Å². The number of carbonyl (C=O) groups is 1. The third-order valence-corrected chi connectivity index (χ3v) is 8.10. The highest BCUT2D eigenvalue weighted by Crippen LogP contribution is 2.27. The molecule has 0 saturated carbocycles. The van der Waals surface area contributed by atoms with Gasteiger partial charge in [-0.1, -0.05) is 41.1 Å². The molecule has 0 radical (unpaired) electrons. The van der Waals surface area contributed by atoms with Crippen molar-refractivity contribution < 1.29 is 26.5 Å². The van der Waals surface area contributed by atoms with Crippen molar-refractivity contribution in [3.8, 4) is 11.8 Å². The lowest BCUT2D eigenvalue weighted by Crippen LogP contribution is -2.25. The van der Waals surface area contributed by atoms with E-state index in [9.17, 15) is 18.3 Å². The summed E-state index contributed by atoms with van der Waals surface area (Å²) in [5.41, 5.74) is 1.18. The number of hydrogen-bond acceptors (Lipinski definition) is 4. The van der Waals surface area contributed by atoms with Crippen LogP contribution in [0.3, 0.4) is 0 Å². The zero-order valence-corrected chi connectivity index (χ0v) is 19.4. The fraction of sp³-hybridized carbons (Fsp3) is 0.192. The van der Waals surface area contributed by atoms with Crippen LogP contribution >= 0.6 is 11.3 Å². The zero-order valence-electron chi connectivity index (χ0n) is 23.7. The van der Waals surface area contributed by atoms with Gasteiger partial charge in [-0.2, -0.15) is 0 Å². The number of carboxylic acid groups (broad SMARTS) is 1. The molecule has 0 aliphatic heterocycles. The Labute approximate surface area is 205 Å². The number of aromatic nitrogens is 1. The molecule has 33 heavy (non-hydrogen) atoms. The van der Waals surface area contributed by atoms with Crippen LogP contribution in [-0.2, 0) is 21.0 Å². The van der Waals surface area contributed by atoms with E-state index in [1.807, 2.05) is 31.2 Å². The molecule has 4 aromatic rings. The van der Waals surface area contributed by atoms with E-state index in [-0.39, 0.29) is 38.8 Å². The Kier molecular flexibility index (Phi) is 4.57. The molecule has 2 aromatic heterocycles. The number of aryl methyl sites for hydroxylation is 1. The molecule has 2 N–H and O–H groups in total. The molecule has 0 aliphatic carbocycles. The summed E-state index contributed by atoms with van der Waals surface area (Å²) < 4.78 is 76.5. The van der Waals surface area contributed by atoms with Crippen LogP contribution < -0.4 is 0 Å². The summed E-state index contributed by atoms with van der Waals surface area (Å²) >= 11 is 0.842. The molecule has 0 bridgehead atoms. The average Bonchev–Trinajstić information content (AvgIpc) is 3.50.